The second kappa shape index (κ2) is 8.76. The molecule has 2 aromatic rings. The van der Waals surface area contributed by atoms with Gasteiger partial charge in [-0.25, -0.2) is 0 Å². The van der Waals surface area contributed by atoms with Crippen molar-refractivity contribution >= 4 is 5.91 Å². The predicted octanol–water partition coefficient (Wildman–Crippen LogP) is 2.67. The number of ether oxygens (including phenoxy) is 1. The maximum absolute atomic E-state index is 11.8. The van der Waals surface area contributed by atoms with Gasteiger partial charge in [-0.2, -0.15) is 0 Å². The van der Waals surface area contributed by atoms with Gasteiger partial charge in [0, 0.05) is 32.8 Å². The van der Waals surface area contributed by atoms with Crippen LogP contribution in [-0.4, -0.2) is 52.4 Å². The molecular weight excluding hydrogens is 328 g/mol. The standard InChI is InChI=1S/C20H26N4O2/c1-16(25)24-10-6-9-20(24)19-14-21-13-17(22-19)15-23(2)11-12-26-18-7-4-3-5-8-18/h3-5,7-8,13-14,20H,6,9-12,15H2,1-2H3. The van der Waals surface area contributed by atoms with Gasteiger partial charge in [0.25, 0.3) is 0 Å². The van der Waals surface area contributed by atoms with E-state index >= 15 is 0 Å². The van der Waals surface area contributed by atoms with Gasteiger partial charge < -0.3 is 9.64 Å². The first-order valence-corrected chi connectivity index (χ1v) is 9.08. The highest BCUT2D eigenvalue weighted by Crippen LogP contribution is 2.30. The molecule has 26 heavy (non-hydrogen) atoms. The van der Waals surface area contributed by atoms with Crippen LogP contribution in [0.1, 0.15) is 37.2 Å². The van der Waals surface area contributed by atoms with Crippen molar-refractivity contribution < 1.29 is 9.53 Å². The summed E-state index contributed by atoms with van der Waals surface area (Å²) in [5.74, 6) is 0.989. The van der Waals surface area contributed by atoms with Gasteiger partial charge in [-0.15, -0.1) is 0 Å². The summed E-state index contributed by atoms with van der Waals surface area (Å²) in [6.45, 7) is 4.54. The summed E-state index contributed by atoms with van der Waals surface area (Å²) < 4.78 is 5.74. The molecule has 3 rings (SSSR count). The third-order valence-corrected chi connectivity index (χ3v) is 4.62. The zero-order chi connectivity index (χ0) is 18.4. The van der Waals surface area contributed by atoms with E-state index in [0.29, 0.717) is 13.2 Å². The molecule has 1 saturated heterocycles. The molecule has 1 atom stereocenters. The number of likely N-dealkylation sites (N-methyl/N-ethyl adjacent to an activating group) is 1. The molecule has 0 spiro atoms. The van der Waals surface area contributed by atoms with E-state index in [9.17, 15) is 4.79 Å². The largest absolute Gasteiger partial charge is 0.492 e. The van der Waals surface area contributed by atoms with Gasteiger partial charge in [0.2, 0.25) is 5.91 Å². The lowest BCUT2D eigenvalue weighted by Gasteiger charge is -2.23. The van der Waals surface area contributed by atoms with Crippen molar-refractivity contribution in [3.8, 4) is 5.75 Å². The second-order valence-corrected chi connectivity index (χ2v) is 6.71. The molecule has 0 aliphatic carbocycles. The van der Waals surface area contributed by atoms with Crippen LogP contribution in [0.3, 0.4) is 0 Å². The van der Waals surface area contributed by atoms with Crippen LogP contribution < -0.4 is 4.74 Å². The maximum Gasteiger partial charge on any atom is 0.220 e. The minimum atomic E-state index is 0.0617. The molecule has 0 saturated carbocycles. The Morgan fingerprint density at radius 1 is 1.31 bits per heavy atom. The first kappa shape index (κ1) is 18.3. The fraction of sp³-hybridized carbons (Fsp3) is 0.450. The van der Waals surface area contributed by atoms with E-state index in [4.69, 9.17) is 9.72 Å². The zero-order valence-corrected chi connectivity index (χ0v) is 15.5. The Kier molecular flexibility index (Phi) is 6.17. The number of nitrogens with zero attached hydrogens (tertiary/aromatic N) is 4. The topological polar surface area (TPSA) is 58.6 Å². The van der Waals surface area contributed by atoms with Crippen molar-refractivity contribution in [2.45, 2.75) is 32.4 Å². The number of amides is 1. The quantitative estimate of drug-likeness (QED) is 0.765. The number of hydrogen-bond donors (Lipinski definition) is 0. The van der Waals surface area contributed by atoms with Crippen molar-refractivity contribution in [1.29, 1.82) is 0 Å². The average molecular weight is 354 g/mol. The molecule has 1 aromatic carbocycles. The Morgan fingerprint density at radius 2 is 2.12 bits per heavy atom. The van der Waals surface area contributed by atoms with Gasteiger partial charge in [-0.1, -0.05) is 18.2 Å². The van der Waals surface area contributed by atoms with Crippen molar-refractivity contribution in [2.24, 2.45) is 0 Å². The van der Waals surface area contributed by atoms with Crippen LogP contribution in [0.5, 0.6) is 5.75 Å². The number of rotatable bonds is 7. The second-order valence-electron chi connectivity index (χ2n) is 6.71. The fourth-order valence-electron chi connectivity index (χ4n) is 3.30. The Morgan fingerprint density at radius 3 is 2.88 bits per heavy atom. The molecule has 1 fully saturated rings. The number of hydrogen-bond acceptors (Lipinski definition) is 5. The molecule has 2 heterocycles. The predicted molar refractivity (Wildman–Crippen MR) is 99.7 cm³/mol. The summed E-state index contributed by atoms with van der Waals surface area (Å²) in [5, 5.41) is 0. The zero-order valence-electron chi connectivity index (χ0n) is 15.5. The third-order valence-electron chi connectivity index (χ3n) is 4.62. The number of carbonyl (C=O) groups is 1. The van der Waals surface area contributed by atoms with E-state index in [1.54, 1.807) is 19.3 Å². The lowest BCUT2D eigenvalue weighted by molar-refractivity contribution is -0.129. The number of likely N-dealkylation sites (tertiary alicyclic amines) is 1. The molecule has 0 N–H and O–H groups in total. The maximum atomic E-state index is 11.8. The SMILES string of the molecule is CC(=O)N1CCCC1c1cncc(CN(C)CCOc2ccccc2)n1. The lowest BCUT2D eigenvalue weighted by atomic mass is 10.1. The van der Waals surface area contributed by atoms with Crippen LogP contribution in [0, 0.1) is 0 Å². The van der Waals surface area contributed by atoms with Crippen LogP contribution in [0.25, 0.3) is 0 Å². The molecule has 1 aliphatic heterocycles. The van der Waals surface area contributed by atoms with E-state index in [0.717, 1.165) is 43.1 Å². The van der Waals surface area contributed by atoms with Crippen LogP contribution in [0.15, 0.2) is 42.7 Å². The fourth-order valence-corrected chi connectivity index (χ4v) is 3.30. The number of benzene rings is 1. The van der Waals surface area contributed by atoms with Crippen molar-refractivity contribution in [3.63, 3.8) is 0 Å². The molecule has 1 aliphatic rings. The van der Waals surface area contributed by atoms with Gasteiger partial charge in [0.15, 0.2) is 0 Å². The summed E-state index contributed by atoms with van der Waals surface area (Å²) in [5.41, 5.74) is 1.81. The Hall–Kier alpha value is -2.47. The third kappa shape index (κ3) is 4.79. The van der Waals surface area contributed by atoms with Gasteiger partial charge in [0.1, 0.15) is 12.4 Å². The molecule has 6 heteroatoms. The van der Waals surface area contributed by atoms with E-state index < -0.39 is 0 Å². The molecule has 0 radical (unpaired) electrons. The van der Waals surface area contributed by atoms with Crippen molar-refractivity contribution in [1.82, 2.24) is 19.8 Å². The van der Waals surface area contributed by atoms with Gasteiger partial charge in [-0.05, 0) is 32.0 Å². The van der Waals surface area contributed by atoms with E-state index in [-0.39, 0.29) is 11.9 Å². The lowest BCUT2D eigenvalue weighted by Crippen LogP contribution is -2.29. The highest BCUT2D eigenvalue weighted by Gasteiger charge is 2.29. The number of para-hydroxylation sites is 1. The molecular formula is C20H26N4O2. The summed E-state index contributed by atoms with van der Waals surface area (Å²) in [7, 11) is 2.04. The minimum absolute atomic E-state index is 0.0617. The van der Waals surface area contributed by atoms with Crippen molar-refractivity contribution in [2.75, 3.05) is 26.7 Å². The highest BCUT2D eigenvalue weighted by atomic mass is 16.5. The summed E-state index contributed by atoms with van der Waals surface area (Å²) in [4.78, 5) is 24.9. The van der Waals surface area contributed by atoms with Crippen LogP contribution in [0.2, 0.25) is 0 Å². The van der Waals surface area contributed by atoms with E-state index in [1.807, 2.05) is 42.3 Å². The molecule has 6 nitrogen and oxygen atoms in total. The van der Waals surface area contributed by atoms with Gasteiger partial charge in [-0.3, -0.25) is 19.7 Å². The highest BCUT2D eigenvalue weighted by molar-refractivity contribution is 5.74. The minimum Gasteiger partial charge on any atom is -0.492 e. The van der Waals surface area contributed by atoms with Crippen LogP contribution in [0.4, 0.5) is 0 Å². The number of aromatic nitrogens is 2. The summed E-state index contributed by atoms with van der Waals surface area (Å²) >= 11 is 0. The van der Waals surface area contributed by atoms with Gasteiger partial charge >= 0.3 is 0 Å². The summed E-state index contributed by atoms with van der Waals surface area (Å²) in [6.07, 6.45) is 5.56. The van der Waals surface area contributed by atoms with Crippen LogP contribution >= 0.6 is 0 Å². The number of carbonyl (C=O) groups excluding carboxylic acids is 1. The molecule has 1 amide bonds. The smallest absolute Gasteiger partial charge is 0.220 e. The van der Waals surface area contributed by atoms with Crippen molar-refractivity contribution in [3.05, 3.63) is 54.1 Å². The molecule has 1 aromatic heterocycles. The molecule has 1 unspecified atom stereocenters. The summed E-state index contributed by atoms with van der Waals surface area (Å²) in [6, 6.07) is 9.88. The van der Waals surface area contributed by atoms with Crippen LogP contribution in [-0.2, 0) is 11.3 Å². The van der Waals surface area contributed by atoms with Gasteiger partial charge in [0.05, 0.1) is 23.6 Å². The van der Waals surface area contributed by atoms with E-state index in [1.165, 1.54) is 0 Å². The Balaban J connectivity index is 1.54. The monoisotopic (exact) mass is 354 g/mol. The Labute approximate surface area is 154 Å². The van der Waals surface area contributed by atoms with E-state index in [2.05, 4.69) is 9.88 Å². The first-order valence-electron chi connectivity index (χ1n) is 9.08. The molecule has 0 bridgehead atoms. The normalized spacial score (nSPS) is 16.9. The Bertz CT molecular complexity index is 723. The molecule has 138 valence electrons. The average Bonchev–Trinajstić information content (AvgIpc) is 3.13. The first-order chi connectivity index (χ1) is 12.6.